The van der Waals surface area contributed by atoms with E-state index < -0.39 is 11.3 Å². The Balaban J connectivity index is 2.89. The molecule has 1 aromatic carbocycles. The van der Waals surface area contributed by atoms with Crippen molar-refractivity contribution in [1.29, 1.82) is 0 Å². The highest BCUT2D eigenvalue weighted by Crippen LogP contribution is 2.30. The summed E-state index contributed by atoms with van der Waals surface area (Å²) in [5.41, 5.74) is -0.690. The van der Waals surface area contributed by atoms with Gasteiger partial charge in [0, 0.05) is 12.6 Å². The zero-order chi connectivity index (χ0) is 16.8. The Morgan fingerprint density at radius 1 is 1.14 bits per heavy atom. The summed E-state index contributed by atoms with van der Waals surface area (Å²) in [6.45, 7) is 5.67. The molecule has 0 aliphatic rings. The van der Waals surface area contributed by atoms with Gasteiger partial charge in [0.25, 0.3) is 0 Å². The van der Waals surface area contributed by atoms with E-state index in [-0.39, 0.29) is 5.91 Å². The summed E-state index contributed by atoms with van der Waals surface area (Å²) in [4.78, 5) is 24.5. The minimum absolute atomic E-state index is 0.306. The molecule has 0 aliphatic heterocycles. The van der Waals surface area contributed by atoms with Crippen molar-refractivity contribution in [3.8, 4) is 11.5 Å². The molecule has 2 N–H and O–H groups in total. The predicted octanol–water partition coefficient (Wildman–Crippen LogP) is 2.19. The van der Waals surface area contributed by atoms with E-state index in [2.05, 4.69) is 10.6 Å². The molecule has 6 nitrogen and oxygen atoms in total. The maximum Gasteiger partial charge on any atom is 0.239 e. The van der Waals surface area contributed by atoms with E-state index in [0.29, 0.717) is 23.7 Å². The summed E-state index contributed by atoms with van der Waals surface area (Å²) in [5, 5.41) is 5.47. The monoisotopic (exact) mass is 308 g/mol. The first-order valence-corrected chi connectivity index (χ1v) is 7.18. The van der Waals surface area contributed by atoms with Crippen LogP contribution in [0, 0.1) is 5.41 Å². The Bertz CT molecular complexity index is 541. The number of amides is 2. The van der Waals surface area contributed by atoms with Crippen LogP contribution in [0.3, 0.4) is 0 Å². The molecular weight excluding hydrogens is 284 g/mol. The molecule has 0 radical (unpaired) electrons. The number of carbonyl (C=O) groups excluding carboxylic acids is 2. The van der Waals surface area contributed by atoms with Gasteiger partial charge in [0.05, 0.1) is 19.9 Å². The third-order valence-electron chi connectivity index (χ3n) is 3.33. The minimum atomic E-state index is -1.18. The topological polar surface area (TPSA) is 76.7 Å². The molecule has 0 bridgehead atoms. The number of ether oxygens (including phenoxy) is 2. The van der Waals surface area contributed by atoms with Gasteiger partial charge in [-0.15, -0.1) is 0 Å². The van der Waals surface area contributed by atoms with Gasteiger partial charge < -0.3 is 20.1 Å². The summed E-state index contributed by atoms with van der Waals surface area (Å²) in [7, 11) is 3.05. The van der Waals surface area contributed by atoms with Crippen LogP contribution in [0.1, 0.15) is 27.2 Å². The lowest BCUT2D eigenvalue weighted by Gasteiger charge is -2.23. The second kappa shape index (κ2) is 7.68. The largest absolute Gasteiger partial charge is 0.497 e. The number of nitrogens with one attached hydrogen (secondary N) is 2. The van der Waals surface area contributed by atoms with Crippen molar-refractivity contribution in [2.24, 2.45) is 5.41 Å². The molecule has 0 unspecified atom stereocenters. The van der Waals surface area contributed by atoms with E-state index in [1.165, 1.54) is 7.11 Å². The third kappa shape index (κ3) is 4.13. The maximum absolute atomic E-state index is 12.4. The molecule has 0 heterocycles. The normalized spacial score (nSPS) is 10.8. The number of rotatable bonds is 7. The lowest BCUT2D eigenvalue weighted by atomic mass is 9.91. The van der Waals surface area contributed by atoms with E-state index in [1.54, 1.807) is 39.2 Å². The van der Waals surface area contributed by atoms with Crippen LogP contribution in [0.2, 0.25) is 0 Å². The maximum atomic E-state index is 12.4. The van der Waals surface area contributed by atoms with Crippen molar-refractivity contribution < 1.29 is 19.1 Å². The summed E-state index contributed by atoms with van der Waals surface area (Å²) in [5.74, 6) is 0.385. The van der Waals surface area contributed by atoms with Gasteiger partial charge in [-0.3, -0.25) is 9.59 Å². The molecule has 0 saturated heterocycles. The van der Waals surface area contributed by atoms with Gasteiger partial charge in [0.2, 0.25) is 11.8 Å². The van der Waals surface area contributed by atoms with Crippen LogP contribution in [-0.2, 0) is 9.59 Å². The number of anilines is 1. The smallest absolute Gasteiger partial charge is 0.239 e. The predicted molar refractivity (Wildman–Crippen MR) is 85.3 cm³/mol. The number of carbonyl (C=O) groups is 2. The third-order valence-corrected chi connectivity index (χ3v) is 3.33. The van der Waals surface area contributed by atoms with Crippen molar-refractivity contribution in [1.82, 2.24) is 5.32 Å². The highest BCUT2D eigenvalue weighted by molar-refractivity contribution is 6.10. The summed E-state index contributed by atoms with van der Waals surface area (Å²) in [6, 6.07) is 5.05. The van der Waals surface area contributed by atoms with E-state index in [4.69, 9.17) is 9.47 Å². The van der Waals surface area contributed by atoms with Crippen molar-refractivity contribution in [2.45, 2.75) is 27.2 Å². The minimum Gasteiger partial charge on any atom is -0.497 e. The van der Waals surface area contributed by atoms with Crippen LogP contribution in [0.15, 0.2) is 18.2 Å². The van der Waals surface area contributed by atoms with E-state index in [9.17, 15) is 9.59 Å². The SMILES string of the molecule is CCCNC(=O)C(C)(C)C(=O)Nc1ccc(OC)cc1OC. The molecule has 1 rings (SSSR count). The first-order chi connectivity index (χ1) is 10.4. The van der Waals surface area contributed by atoms with Crippen molar-refractivity contribution in [3.05, 3.63) is 18.2 Å². The van der Waals surface area contributed by atoms with Gasteiger partial charge in [0.15, 0.2) is 0 Å². The first-order valence-electron chi connectivity index (χ1n) is 7.18. The first kappa shape index (κ1) is 17.8. The fourth-order valence-electron chi connectivity index (χ4n) is 1.74. The number of hydrogen-bond donors (Lipinski definition) is 2. The molecule has 0 saturated carbocycles. The average Bonchev–Trinajstić information content (AvgIpc) is 2.52. The van der Waals surface area contributed by atoms with Crippen LogP contribution < -0.4 is 20.1 Å². The molecule has 6 heteroatoms. The van der Waals surface area contributed by atoms with Crippen LogP contribution in [0.4, 0.5) is 5.69 Å². The van der Waals surface area contributed by atoms with Gasteiger partial charge in [-0.2, -0.15) is 0 Å². The molecule has 2 amide bonds. The second-order valence-electron chi connectivity index (χ2n) is 5.40. The molecule has 122 valence electrons. The second-order valence-corrected chi connectivity index (χ2v) is 5.40. The van der Waals surface area contributed by atoms with Crippen molar-refractivity contribution in [3.63, 3.8) is 0 Å². The molecule has 0 aliphatic carbocycles. The quantitative estimate of drug-likeness (QED) is 0.757. The van der Waals surface area contributed by atoms with Gasteiger partial charge in [-0.25, -0.2) is 0 Å². The zero-order valence-corrected chi connectivity index (χ0v) is 13.8. The molecular formula is C16H24N2O4. The number of hydrogen-bond acceptors (Lipinski definition) is 4. The van der Waals surface area contributed by atoms with E-state index in [1.807, 2.05) is 6.92 Å². The summed E-state index contributed by atoms with van der Waals surface area (Å²) < 4.78 is 10.3. The Morgan fingerprint density at radius 3 is 2.36 bits per heavy atom. The molecule has 1 aromatic rings. The van der Waals surface area contributed by atoms with Crippen LogP contribution in [-0.4, -0.2) is 32.6 Å². The van der Waals surface area contributed by atoms with Crippen LogP contribution in [0.5, 0.6) is 11.5 Å². The molecule has 0 aromatic heterocycles. The zero-order valence-electron chi connectivity index (χ0n) is 13.8. The molecule has 0 fully saturated rings. The fraction of sp³-hybridized carbons (Fsp3) is 0.500. The van der Waals surface area contributed by atoms with Crippen LogP contribution in [0.25, 0.3) is 0 Å². The average molecular weight is 308 g/mol. The lowest BCUT2D eigenvalue weighted by Crippen LogP contribution is -2.45. The van der Waals surface area contributed by atoms with Gasteiger partial charge in [0.1, 0.15) is 16.9 Å². The molecule has 22 heavy (non-hydrogen) atoms. The highest BCUT2D eigenvalue weighted by Gasteiger charge is 2.36. The lowest BCUT2D eigenvalue weighted by molar-refractivity contribution is -0.138. The van der Waals surface area contributed by atoms with Gasteiger partial charge >= 0.3 is 0 Å². The van der Waals surface area contributed by atoms with Gasteiger partial charge in [-0.05, 0) is 32.4 Å². The van der Waals surface area contributed by atoms with Crippen molar-refractivity contribution >= 4 is 17.5 Å². The molecule has 0 atom stereocenters. The Kier molecular flexibility index (Phi) is 6.22. The Morgan fingerprint density at radius 2 is 1.82 bits per heavy atom. The number of methoxy groups -OCH3 is 2. The standard InChI is InChI=1S/C16H24N2O4/c1-6-9-17-14(19)16(2,3)15(20)18-12-8-7-11(21-4)10-13(12)22-5/h7-8,10H,6,9H2,1-5H3,(H,17,19)(H,18,20). The highest BCUT2D eigenvalue weighted by atomic mass is 16.5. The van der Waals surface area contributed by atoms with Crippen molar-refractivity contribution in [2.75, 3.05) is 26.1 Å². The number of benzene rings is 1. The summed E-state index contributed by atoms with van der Waals surface area (Å²) in [6.07, 6.45) is 0.815. The molecule has 0 spiro atoms. The van der Waals surface area contributed by atoms with Crippen LogP contribution >= 0.6 is 0 Å². The fourth-order valence-corrected chi connectivity index (χ4v) is 1.74. The van der Waals surface area contributed by atoms with Gasteiger partial charge in [-0.1, -0.05) is 6.92 Å². The Hall–Kier alpha value is -2.24. The van der Waals surface area contributed by atoms with E-state index in [0.717, 1.165) is 6.42 Å². The van der Waals surface area contributed by atoms with E-state index >= 15 is 0 Å². The Labute approximate surface area is 131 Å². The summed E-state index contributed by atoms with van der Waals surface area (Å²) >= 11 is 0.